The largest absolute Gasteiger partial charge is 0.463 e. The van der Waals surface area contributed by atoms with E-state index >= 15 is 0 Å². The number of esters is 1. The summed E-state index contributed by atoms with van der Waals surface area (Å²) in [7, 11) is -5.97. The van der Waals surface area contributed by atoms with Crippen molar-refractivity contribution in [3.05, 3.63) is 0 Å². The molecule has 2 unspecified atom stereocenters. The molecule has 0 heterocycles. The second-order valence-electron chi connectivity index (χ2n) is 9.73. The molecule has 4 aliphatic carbocycles. The lowest BCUT2D eigenvalue weighted by Crippen LogP contribution is -2.61. The Morgan fingerprint density at radius 1 is 1.03 bits per heavy atom. The molecular weight excluding hydrogens is 479 g/mol. The summed E-state index contributed by atoms with van der Waals surface area (Å²) in [5, 5.41) is -4.86. The van der Waals surface area contributed by atoms with Gasteiger partial charge in [-0.2, -0.15) is 30.4 Å². The van der Waals surface area contributed by atoms with Crippen molar-refractivity contribution in [1.82, 2.24) is 0 Å². The molecule has 4 fully saturated rings. The predicted octanol–water partition coefficient (Wildman–Crippen LogP) is 4.12. The maximum atomic E-state index is 14.1. The van der Waals surface area contributed by atoms with Crippen molar-refractivity contribution in [1.29, 1.82) is 0 Å². The van der Waals surface area contributed by atoms with Crippen molar-refractivity contribution in [2.45, 2.75) is 76.0 Å². The number of hydrogen-bond donors (Lipinski definition) is 1. The molecule has 4 saturated carbocycles. The number of ether oxygens (including phenoxy) is 2. The summed E-state index contributed by atoms with van der Waals surface area (Å²) < 4.78 is 110. The molecule has 0 aromatic rings. The lowest BCUT2D eigenvalue weighted by atomic mass is 9.49. The third kappa shape index (κ3) is 4.52. The molecule has 4 bridgehead atoms. The van der Waals surface area contributed by atoms with Crippen LogP contribution in [0.1, 0.15) is 58.8 Å². The van der Waals surface area contributed by atoms with E-state index in [0.717, 1.165) is 26.2 Å². The van der Waals surface area contributed by atoms with E-state index in [1.165, 1.54) is 0 Å². The Morgan fingerprint density at radius 3 is 1.85 bits per heavy atom. The van der Waals surface area contributed by atoms with Crippen LogP contribution in [0.25, 0.3) is 0 Å². The fourth-order valence-corrected chi connectivity index (χ4v) is 6.47. The Hall–Kier alpha value is -1.34. The fourth-order valence-electron chi connectivity index (χ4n) is 5.89. The maximum absolute atomic E-state index is 14.1. The van der Waals surface area contributed by atoms with Crippen LogP contribution in [0.15, 0.2) is 0 Å². The van der Waals surface area contributed by atoms with Crippen molar-refractivity contribution < 1.29 is 54.0 Å². The van der Waals surface area contributed by atoms with E-state index in [0.29, 0.717) is 26.2 Å². The predicted molar refractivity (Wildman–Crippen MR) is 102 cm³/mol. The zero-order valence-corrected chi connectivity index (χ0v) is 19.0. The van der Waals surface area contributed by atoms with Crippen LogP contribution in [0.2, 0.25) is 0 Å². The number of rotatable bonds is 9. The minimum absolute atomic E-state index is 0.167. The molecule has 4 rings (SSSR count). The molecule has 0 amide bonds. The van der Waals surface area contributed by atoms with Crippen LogP contribution < -0.4 is 0 Å². The third-order valence-corrected chi connectivity index (χ3v) is 8.31. The topological polar surface area (TPSA) is 107 Å². The average Bonchev–Trinajstić information content (AvgIpc) is 2.67. The highest BCUT2D eigenvalue weighted by molar-refractivity contribution is 7.86. The molecule has 13 heteroatoms. The lowest BCUT2D eigenvalue weighted by molar-refractivity contribution is -0.354. The molecule has 33 heavy (non-hydrogen) atoms. The average molecular weight is 506 g/mol. The van der Waals surface area contributed by atoms with E-state index in [-0.39, 0.29) is 17.8 Å². The highest BCUT2D eigenvalue weighted by Crippen LogP contribution is 2.61. The summed E-state index contributed by atoms with van der Waals surface area (Å²) >= 11 is 0. The number of Topliss-reactive ketones (excluding diaryl/α,β-unsaturated/α-hetero) is 1. The van der Waals surface area contributed by atoms with Gasteiger partial charge < -0.3 is 9.47 Å². The first kappa shape index (κ1) is 26.3. The first-order valence-corrected chi connectivity index (χ1v) is 12.2. The lowest BCUT2D eigenvalue weighted by Gasteiger charge is -2.55. The first-order valence-electron chi connectivity index (χ1n) is 10.8. The molecule has 1 N–H and O–H groups in total. The molecule has 4 aliphatic rings. The van der Waals surface area contributed by atoms with Gasteiger partial charge in [0.15, 0.2) is 0 Å². The van der Waals surface area contributed by atoms with E-state index in [2.05, 4.69) is 4.74 Å². The third-order valence-electron chi connectivity index (χ3n) is 7.22. The molecule has 0 aliphatic heterocycles. The second kappa shape index (κ2) is 8.40. The summed E-state index contributed by atoms with van der Waals surface area (Å²) in [6.45, 7) is -0.0562. The summed E-state index contributed by atoms with van der Waals surface area (Å²) in [5.74, 6) is -9.12. The smallest absolute Gasteiger partial charge is 0.416 e. The number of halogens is 5. The van der Waals surface area contributed by atoms with Crippen LogP contribution in [0.4, 0.5) is 22.0 Å². The number of alkyl halides is 5. The summed E-state index contributed by atoms with van der Waals surface area (Å²) in [5.41, 5.74) is -1.20. The zero-order valence-electron chi connectivity index (χ0n) is 18.2. The van der Waals surface area contributed by atoms with Crippen LogP contribution in [-0.2, 0) is 29.2 Å². The SMILES string of the molecule is CCC(=O)C(OCC(C)C(F)(F)S(=O)(=O)O)(OC(=O)C12CC3CC(CC(C3)C1)C2)C(F)(F)F. The van der Waals surface area contributed by atoms with E-state index in [1.54, 1.807) is 0 Å². The minimum Gasteiger partial charge on any atom is -0.416 e. The number of hydrogen-bond acceptors (Lipinski definition) is 6. The van der Waals surface area contributed by atoms with Gasteiger partial charge in [-0.1, -0.05) is 13.8 Å². The molecule has 0 spiro atoms. The molecule has 2 atom stereocenters. The van der Waals surface area contributed by atoms with Crippen LogP contribution >= 0.6 is 0 Å². The highest BCUT2D eigenvalue weighted by atomic mass is 32.2. The van der Waals surface area contributed by atoms with Gasteiger partial charge >= 0.3 is 33.3 Å². The van der Waals surface area contributed by atoms with E-state index < -0.39 is 63.4 Å². The van der Waals surface area contributed by atoms with Crippen LogP contribution in [-0.4, -0.2) is 48.5 Å². The number of carbonyl (C=O) groups excluding carboxylic acids is 2. The van der Waals surface area contributed by atoms with Gasteiger partial charge in [0.25, 0.3) is 0 Å². The van der Waals surface area contributed by atoms with E-state index in [9.17, 15) is 40.0 Å². The van der Waals surface area contributed by atoms with Crippen molar-refractivity contribution in [2.75, 3.05) is 6.61 Å². The van der Waals surface area contributed by atoms with Gasteiger partial charge in [-0.05, 0) is 56.3 Å². The van der Waals surface area contributed by atoms with Gasteiger partial charge in [0.1, 0.15) is 0 Å². The van der Waals surface area contributed by atoms with Crippen LogP contribution in [0.5, 0.6) is 0 Å². The van der Waals surface area contributed by atoms with Gasteiger partial charge in [0, 0.05) is 6.42 Å². The summed E-state index contributed by atoms with van der Waals surface area (Å²) in [4.78, 5) is 25.6. The zero-order chi connectivity index (χ0) is 25.0. The Labute approximate surface area is 188 Å². The highest BCUT2D eigenvalue weighted by Gasteiger charge is 2.68. The molecule has 0 aromatic carbocycles. The summed E-state index contributed by atoms with van der Waals surface area (Å²) in [6.07, 6.45) is -2.81. The minimum atomic E-state index is -5.97. The van der Waals surface area contributed by atoms with Gasteiger partial charge in [-0.3, -0.25) is 14.1 Å². The van der Waals surface area contributed by atoms with Crippen molar-refractivity contribution in [2.24, 2.45) is 29.1 Å². The second-order valence-corrected chi connectivity index (χ2v) is 11.2. The molecule has 7 nitrogen and oxygen atoms in total. The molecule has 0 aromatic heterocycles. The van der Waals surface area contributed by atoms with E-state index in [1.807, 2.05) is 0 Å². The fraction of sp³-hybridized carbons (Fsp3) is 0.900. The Morgan fingerprint density at radius 2 is 1.48 bits per heavy atom. The first-order chi connectivity index (χ1) is 15.0. The van der Waals surface area contributed by atoms with Gasteiger partial charge in [-0.15, -0.1) is 0 Å². The van der Waals surface area contributed by atoms with E-state index in [4.69, 9.17) is 9.29 Å². The Balaban J connectivity index is 1.90. The van der Waals surface area contributed by atoms with Crippen molar-refractivity contribution in [3.8, 4) is 0 Å². The number of carbonyl (C=O) groups is 2. The van der Waals surface area contributed by atoms with Crippen molar-refractivity contribution >= 4 is 21.9 Å². The van der Waals surface area contributed by atoms with Gasteiger partial charge in [0.05, 0.1) is 17.9 Å². The molecule has 0 radical (unpaired) electrons. The van der Waals surface area contributed by atoms with Crippen LogP contribution in [0.3, 0.4) is 0 Å². The van der Waals surface area contributed by atoms with Crippen molar-refractivity contribution in [3.63, 3.8) is 0 Å². The summed E-state index contributed by atoms with van der Waals surface area (Å²) in [6, 6.07) is 0. The quantitative estimate of drug-likeness (QED) is 0.217. The normalized spacial score (nSPS) is 32.3. The molecule has 190 valence electrons. The van der Waals surface area contributed by atoms with Crippen LogP contribution in [0, 0.1) is 29.1 Å². The monoisotopic (exact) mass is 506 g/mol. The standard InChI is InChI=1S/C20H27F5O7S/c1-3-15(26)18(20(23,24)25,31-10-11(2)19(21,22)33(28,29)30)32-16(27)17-7-12-4-13(8-17)6-14(5-12)9-17/h11-14H,3-10H2,1-2H3,(H,28,29,30). The molecular formula is C20H27F5O7S. The maximum Gasteiger partial charge on any atom is 0.463 e. The Bertz CT molecular complexity index is 866. The Kier molecular flexibility index (Phi) is 6.69. The molecule has 0 saturated heterocycles. The number of ketones is 1. The van der Waals surface area contributed by atoms with Gasteiger partial charge in [-0.25, -0.2) is 0 Å². The van der Waals surface area contributed by atoms with Gasteiger partial charge in [0.2, 0.25) is 5.78 Å².